The van der Waals surface area contributed by atoms with E-state index in [1.807, 2.05) is 27.5 Å². The van der Waals surface area contributed by atoms with Crippen molar-refractivity contribution in [1.82, 2.24) is 19.7 Å². The predicted molar refractivity (Wildman–Crippen MR) is 126 cm³/mol. The molecule has 1 aromatic carbocycles. The third-order valence-corrected chi connectivity index (χ3v) is 6.66. The van der Waals surface area contributed by atoms with Crippen LogP contribution in [0, 0.1) is 5.82 Å². The number of nitrogens with one attached hydrogen (secondary N) is 2. The highest BCUT2D eigenvalue weighted by molar-refractivity contribution is 5.75. The van der Waals surface area contributed by atoms with Gasteiger partial charge in [0.2, 0.25) is 0 Å². The van der Waals surface area contributed by atoms with Crippen LogP contribution in [0.1, 0.15) is 17.5 Å². The molecule has 4 aromatic rings. The van der Waals surface area contributed by atoms with Crippen LogP contribution in [0.25, 0.3) is 16.9 Å². The van der Waals surface area contributed by atoms with Crippen molar-refractivity contribution in [3.05, 3.63) is 71.9 Å². The molecule has 1 fully saturated rings. The summed E-state index contributed by atoms with van der Waals surface area (Å²) in [5.41, 5.74) is 6.72. The molecule has 3 N–H and O–H groups in total. The minimum absolute atomic E-state index is 0.270. The fourth-order valence-corrected chi connectivity index (χ4v) is 4.84. The number of aliphatic hydroxyl groups excluding tert-OH is 1. The predicted octanol–water partition coefficient (Wildman–Crippen LogP) is 3.79. The third-order valence-electron chi connectivity index (χ3n) is 6.66. The van der Waals surface area contributed by atoms with Crippen molar-refractivity contribution in [3.63, 3.8) is 0 Å². The molecular formula is C25H24F2N6O. The van der Waals surface area contributed by atoms with Gasteiger partial charge in [-0.15, -0.1) is 0 Å². The van der Waals surface area contributed by atoms with Gasteiger partial charge >= 0.3 is 0 Å². The van der Waals surface area contributed by atoms with E-state index in [4.69, 9.17) is 0 Å². The van der Waals surface area contributed by atoms with Crippen molar-refractivity contribution >= 4 is 22.8 Å². The van der Waals surface area contributed by atoms with Crippen molar-refractivity contribution in [3.8, 4) is 11.3 Å². The average molecular weight is 463 g/mol. The van der Waals surface area contributed by atoms with Crippen LogP contribution in [0.15, 0.2) is 55.0 Å². The summed E-state index contributed by atoms with van der Waals surface area (Å²) >= 11 is 0. The Kier molecular flexibility index (Phi) is 5.15. The van der Waals surface area contributed by atoms with E-state index in [2.05, 4.69) is 26.7 Å². The number of alkyl halides is 1. The van der Waals surface area contributed by atoms with E-state index in [1.165, 1.54) is 17.7 Å². The molecule has 9 heteroatoms. The topological polar surface area (TPSA) is 77.7 Å². The van der Waals surface area contributed by atoms with Crippen LogP contribution in [-0.4, -0.2) is 44.8 Å². The SMILES string of the molecule is O[C@@H]1CN(c2ccc(Nc3ccc(-c4cnc5cc(F)ccn45)c4c3CNC4)nc2)CC[C@H]1F. The molecule has 0 radical (unpaired) electrons. The maximum Gasteiger partial charge on any atom is 0.140 e. The van der Waals surface area contributed by atoms with Crippen molar-refractivity contribution in [1.29, 1.82) is 0 Å². The highest BCUT2D eigenvalue weighted by Gasteiger charge is 2.27. The first-order valence-corrected chi connectivity index (χ1v) is 11.4. The van der Waals surface area contributed by atoms with E-state index < -0.39 is 12.3 Å². The monoisotopic (exact) mass is 462 g/mol. The zero-order valence-corrected chi connectivity index (χ0v) is 18.4. The molecule has 0 saturated carbocycles. The lowest BCUT2D eigenvalue weighted by atomic mass is 9.99. The normalized spacial score (nSPS) is 20.0. The minimum atomic E-state index is -1.16. The number of rotatable bonds is 4. The summed E-state index contributed by atoms with van der Waals surface area (Å²) in [6.07, 6.45) is 3.41. The van der Waals surface area contributed by atoms with Crippen LogP contribution in [0.5, 0.6) is 0 Å². The lowest BCUT2D eigenvalue weighted by Gasteiger charge is -2.33. The number of anilines is 3. The van der Waals surface area contributed by atoms with Gasteiger partial charge in [0.15, 0.2) is 0 Å². The Morgan fingerprint density at radius 3 is 2.76 bits per heavy atom. The molecule has 0 amide bonds. The third kappa shape index (κ3) is 3.66. The summed E-state index contributed by atoms with van der Waals surface area (Å²) in [6.45, 7) is 2.29. The maximum absolute atomic E-state index is 13.6. The van der Waals surface area contributed by atoms with E-state index in [1.54, 1.807) is 18.6 Å². The Morgan fingerprint density at radius 2 is 1.94 bits per heavy atom. The molecule has 0 spiro atoms. The zero-order valence-electron chi connectivity index (χ0n) is 18.4. The average Bonchev–Trinajstić information content (AvgIpc) is 3.49. The van der Waals surface area contributed by atoms with Crippen LogP contribution in [0.3, 0.4) is 0 Å². The molecule has 2 atom stereocenters. The Balaban J connectivity index is 1.26. The van der Waals surface area contributed by atoms with Gasteiger partial charge in [-0.05, 0) is 41.8 Å². The van der Waals surface area contributed by atoms with Crippen molar-refractivity contribution < 1.29 is 13.9 Å². The molecule has 1 saturated heterocycles. The van der Waals surface area contributed by atoms with Gasteiger partial charge < -0.3 is 20.6 Å². The van der Waals surface area contributed by atoms with Crippen LogP contribution >= 0.6 is 0 Å². The number of piperidine rings is 1. The molecule has 2 aliphatic heterocycles. The number of hydrogen-bond acceptors (Lipinski definition) is 6. The van der Waals surface area contributed by atoms with Crippen molar-refractivity contribution in [2.24, 2.45) is 0 Å². The van der Waals surface area contributed by atoms with Gasteiger partial charge in [0.1, 0.15) is 29.6 Å². The van der Waals surface area contributed by atoms with Crippen LogP contribution < -0.4 is 15.5 Å². The van der Waals surface area contributed by atoms with Crippen LogP contribution in [0.2, 0.25) is 0 Å². The molecular weight excluding hydrogens is 438 g/mol. The van der Waals surface area contributed by atoms with Gasteiger partial charge in [-0.1, -0.05) is 6.07 Å². The first-order valence-electron chi connectivity index (χ1n) is 11.4. The standard InChI is InChI=1S/C25H24F2N6O/c26-15-5-8-33-22(13-30-25(33)9-15)17-2-3-21(19-12-28-11-18(17)19)31-24-4-1-16(10-29-24)32-7-6-20(27)23(34)14-32/h1-5,8-10,13,20,23,28,34H,6-7,11-12,14H2,(H,29,31)/t20-,23-/m1/s1. The summed E-state index contributed by atoms with van der Waals surface area (Å²) in [5, 5.41) is 16.7. The summed E-state index contributed by atoms with van der Waals surface area (Å²) in [4.78, 5) is 10.9. The lowest BCUT2D eigenvalue weighted by molar-refractivity contribution is 0.0645. The van der Waals surface area contributed by atoms with Gasteiger partial charge in [-0.2, -0.15) is 0 Å². The number of aliphatic hydroxyl groups is 1. The Morgan fingerprint density at radius 1 is 1.06 bits per heavy atom. The molecule has 6 rings (SSSR count). The van der Waals surface area contributed by atoms with E-state index in [0.717, 1.165) is 41.3 Å². The first-order chi connectivity index (χ1) is 16.6. The second-order valence-electron chi connectivity index (χ2n) is 8.78. The number of β-amino-alcohol motifs (C(OH)–C–C–N with tert-alkyl or cyclic N) is 1. The number of halogens is 2. The number of aromatic nitrogens is 3. The summed E-state index contributed by atoms with van der Waals surface area (Å²) in [5.74, 6) is 0.398. The number of benzene rings is 1. The quantitative estimate of drug-likeness (QED) is 0.428. The number of pyridine rings is 2. The maximum atomic E-state index is 13.6. The minimum Gasteiger partial charge on any atom is -0.388 e. The Labute approximate surface area is 195 Å². The van der Waals surface area contributed by atoms with Gasteiger partial charge in [-0.3, -0.25) is 4.40 Å². The Hall–Kier alpha value is -3.56. The zero-order chi connectivity index (χ0) is 23.2. The molecule has 3 aromatic heterocycles. The van der Waals surface area contributed by atoms with Crippen LogP contribution in [0.4, 0.5) is 26.0 Å². The molecule has 34 heavy (non-hydrogen) atoms. The largest absolute Gasteiger partial charge is 0.388 e. The van der Waals surface area contributed by atoms with Gasteiger partial charge in [0.25, 0.3) is 0 Å². The first kappa shape index (κ1) is 21.0. The fourth-order valence-electron chi connectivity index (χ4n) is 4.84. The highest BCUT2D eigenvalue weighted by atomic mass is 19.1. The van der Waals surface area contributed by atoms with Crippen molar-refractivity contribution in [2.45, 2.75) is 31.8 Å². The summed E-state index contributed by atoms with van der Waals surface area (Å²) in [7, 11) is 0. The summed E-state index contributed by atoms with van der Waals surface area (Å²) in [6, 6.07) is 10.8. The molecule has 0 bridgehead atoms. The van der Waals surface area contributed by atoms with Crippen molar-refractivity contribution in [2.75, 3.05) is 23.3 Å². The molecule has 7 nitrogen and oxygen atoms in total. The fraction of sp³-hybridized carbons (Fsp3) is 0.280. The second-order valence-corrected chi connectivity index (χ2v) is 8.78. The summed E-state index contributed by atoms with van der Waals surface area (Å²) < 4.78 is 29.0. The number of fused-ring (bicyclic) bond motifs is 2. The molecule has 174 valence electrons. The van der Waals surface area contributed by atoms with E-state index in [-0.39, 0.29) is 12.4 Å². The molecule has 0 aliphatic carbocycles. The van der Waals surface area contributed by atoms with Gasteiger partial charge in [-0.25, -0.2) is 18.7 Å². The van der Waals surface area contributed by atoms with E-state index in [9.17, 15) is 13.9 Å². The molecule has 2 aliphatic rings. The highest BCUT2D eigenvalue weighted by Crippen LogP contribution is 2.35. The number of nitrogens with zero attached hydrogens (tertiary/aromatic N) is 4. The van der Waals surface area contributed by atoms with E-state index >= 15 is 0 Å². The lowest BCUT2D eigenvalue weighted by Crippen LogP contribution is -2.45. The molecule has 0 unspecified atom stereocenters. The number of imidazole rings is 1. The van der Waals surface area contributed by atoms with Gasteiger partial charge in [0.05, 0.1) is 23.8 Å². The smallest absolute Gasteiger partial charge is 0.140 e. The van der Waals surface area contributed by atoms with E-state index in [0.29, 0.717) is 24.4 Å². The second kappa shape index (κ2) is 8.34. The van der Waals surface area contributed by atoms with Gasteiger partial charge in [0, 0.05) is 49.7 Å². The number of hydrogen-bond donors (Lipinski definition) is 3. The molecule has 5 heterocycles. The Bertz CT molecular complexity index is 1360. The van der Waals surface area contributed by atoms with Crippen LogP contribution in [-0.2, 0) is 13.1 Å².